The zero-order valence-corrected chi connectivity index (χ0v) is 10.9. The van der Waals surface area contributed by atoms with Crippen molar-refractivity contribution < 1.29 is 0 Å². The Morgan fingerprint density at radius 2 is 1.59 bits per heavy atom. The minimum atomic E-state index is 1.09. The number of nitrogens with zero attached hydrogens (tertiary/aromatic N) is 1. The third kappa shape index (κ3) is 2.36. The normalized spacial score (nSPS) is 11.2. The first kappa shape index (κ1) is 13.4. The largest absolute Gasteiger partial charge is 0.390 e. The summed E-state index contributed by atoms with van der Waals surface area (Å²) in [6.07, 6.45) is 12.1. The number of hydrogen-bond donors (Lipinski definition) is 0. The summed E-state index contributed by atoms with van der Waals surface area (Å²) in [7, 11) is 2.05. The lowest BCUT2D eigenvalue weighted by Gasteiger charge is -2.05. The van der Waals surface area contributed by atoms with Crippen molar-refractivity contribution in [3.8, 4) is 0 Å². The van der Waals surface area contributed by atoms with Crippen LogP contribution >= 0.6 is 0 Å². The summed E-state index contributed by atoms with van der Waals surface area (Å²) in [4.78, 5) is 0. The van der Waals surface area contributed by atoms with Gasteiger partial charge >= 0.3 is 0 Å². The van der Waals surface area contributed by atoms with Crippen LogP contribution in [0.3, 0.4) is 0 Å². The molecule has 0 amide bonds. The van der Waals surface area contributed by atoms with E-state index in [1.807, 2.05) is 52.4 Å². The Morgan fingerprint density at radius 1 is 0.941 bits per heavy atom. The zero-order chi connectivity index (χ0) is 12.8. The summed E-state index contributed by atoms with van der Waals surface area (Å²) < 4.78 is 2.14. The SMILES string of the molecule is C=Cc1c(/C=C\C)c(/C=C\C)n([B]C)c1C=C. The molecule has 0 atom stereocenters. The highest BCUT2D eigenvalue weighted by molar-refractivity contribution is 6.33. The first-order valence-electron chi connectivity index (χ1n) is 5.83. The van der Waals surface area contributed by atoms with Gasteiger partial charge in [-0.3, -0.25) is 0 Å². The van der Waals surface area contributed by atoms with Crippen LogP contribution in [0.1, 0.15) is 36.4 Å². The van der Waals surface area contributed by atoms with Gasteiger partial charge in [0, 0.05) is 22.5 Å². The number of aromatic nitrogens is 1. The molecule has 0 aliphatic rings. The Labute approximate surface area is 105 Å². The van der Waals surface area contributed by atoms with Gasteiger partial charge < -0.3 is 4.48 Å². The molecule has 0 aliphatic carbocycles. The van der Waals surface area contributed by atoms with E-state index in [-0.39, 0.29) is 0 Å². The van der Waals surface area contributed by atoms with Crippen LogP contribution in [0.25, 0.3) is 24.3 Å². The fourth-order valence-corrected chi connectivity index (χ4v) is 2.04. The van der Waals surface area contributed by atoms with Crippen molar-refractivity contribution in [1.82, 2.24) is 4.48 Å². The second kappa shape index (κ2) is 6.14. The molecule has 0 spiro atoms. The highest BCUT2D eigenvalue weighted by Crippen LogP contribution is 2.27. The third-order valence-electron chi connectivity index (χ3n) is 2.67. The molecule has 1 rings (SSSR count). The Balaban J connectivity index is 3.69. The second-order valence-corrected chi connectivity index (χ2v) is 3.63. The van der Waals surface area contributed by atoms with Gasteiger partial charge in [-0.2, -0.15) is 0 Å². The predicted molar refractivity (Wildman–Crippen MR) is 81.0 cm³/mol. The average Bonchev–Trinajstić information content (AvgIpc) is 2.63. The summed E-state index contributed by atoms with van der Waals surface area (Å²) in [5.41, 5.74) is 4.57. The maximum absolute atomic E-state index is 3.90. The fourth-order valence-electron chi connectivity index (χ4n) is 2.04. The molecule has 0 N–H and O–H groups in total. The molecular weight excluding hydrogens is 205 g/mol. The zero-order valence-electron chi connectivity index (χ0n) is 10.9. The number of hydrogen-bond acceptors (Lipinski definition) is 0. The molecule has 87 valence electrons. The Morgan fingerprint density at radius 3 is 2.00 bits per heavy atom. The Kier molecular flexibility index (Phi) is 4.83. The predicted octanol–water partition coefficient (Wildman–Crippen LogP) is 4.36. The molecule has 1 aromatic heterocycles. The summed E-state index contributed by atoms with van der Waals surface area (Å²) in [6, 6.07) is 0. The van der Waals surface area contributed by atoms with Gasteiger partial charge in [-0.15, -0.1) is 0 Å². The van der Waals surface area contributed by atoms with Crippen LogP contribution in [-0.4, -0.2) is 11.9 Å². The molecular formula is C15H19BN. The minimum Gasteiger partial charge on any atom is -0.390 e. The topological polar surface area (TPSA) is 4.93 Å². The van der Waals surface area contributed by atoms with E-state index < -0.39 is 0 Å². The van der Waals surface area contributed by atoms with Crippen molar-refractivity contribution >= 4 is 31.7 Å². The fraction of sp³-hybridized carbons (Fsp3) is 0.200. The molecule has 0 bridgehead atoms. The Bertz CT molecular complexity index is 476. The quantitative estimate of drug-likeness (QED) is 0.655. The van der Waals surface area contributed by atoms with Crippen molar-refractivity contribution in [2.45, 2.75) is 20.7 Å². The minimum absolute atomic E-state index is 1.09. The standard InChI is InChI=1S/C15H19BN/c1-6-10-13-12(8-3)14(9-4)17(16-5)15(13)11-7-2/h6-11H,3-4H2,1-2,5H3/b10-6-,11-7-. The van der Waals surface area contributed by atoms with E-state index in [1.165, 1.54) is 5.56 Å². The maximum atomic E-state index is 3.90. The van der Waals surface area contributed by atoms with E-state index in [0.29, 0.717) is 0 Å². The number of rotatable bonds is 5. The third-order valence-corrected chi connectivity index (χ3v) is 2.67. The van der Waals surface area contributed by atoms with Gasteiger partial charge in [0.15, 0.2) is 0 Å². The molecule has 0 unspecified atom stereocenters. The molecule has 17 heavy (non-hydrogen) atoms. The van der Waals surface area contributed by atoms with Gasteiger partial charge in [-0.05, 0) is 26.0 Å². The van der Waals surface area contributed by atoms with Gasteiger partial charge in [0.05, 0.1) is 0 Å². The van der Waals surface area contributed by atoms with Gasteiger partial charge in [-0.25, -0.2) is 0 Å². The van der Waals surface area contributed by atoms with Gasteiger partial charge in [0.25, 0.3) is 0 Å². The van der Waals surface area contributed by atoms with E-state index in [9.17, 15) is 0 Å². The van der Waals surface area contributed by atoms with Gasteiger partial charge in [0.1, 0.15) is 0 Å². The highest BCUT2D eigenvalue weighted by Gasteiger charge is 2.14. The van der Waals surface area contributed by atoms with Crippen LogP contribution in [0, 0.1) is 0 Å². The van der Waals surface area contributed by atoms with Crippen molar-refractivity contribution in [3.05, 3.63) is 47.8 Å². The van der Waals surface area contributed by atoms with Crippen LogP contribution < -0.4 is 0 Å². The van der Waals surface area contributed by atoms with Crippen LogP contribution in [0.2, 0.25) is 6.82 Å². The maximum Gasteiger partial charge on any atom is 0.249 e. The first-order valence-corrected chi connectivity index (χ1v) is 5.83. The Hall–Kier alpha value is -1.70. The second-order valence-electron chi connectivity index (χ2n) is 3.63. The first-order chi connectivity index (χ1) is 8.24. The molecule has 1 radical (unpaired) electrons. The molecule has 0 aliphatic heterocycles. The summed E-state index contributed by atoms with van der Waals surface area (Å²) in [6.45, 7) is 13.8. The van der Waals surface area contributed by atoms with Gasteiger partial charge in [-0.1, -0.05) is 44.3 Å². The van der Waals surface area contributed by atoms with Crippen molar-refractivity contribution in [2.75, 3.05) is 0 Å². The molecule has 1 aromatic rings. The lowest BCUT2D eigenvalue weighted by molar-refractivity contribution is 1.18. The van der Waals surface area contributed by atoms with E-state index in [1.54, 1.807) is 0 Å². The monoisotopic (exact) mass is 224 g/mol. The van der Waals surface area contributed by atoms with Gasteiger partial charge in [0.2, 0.25) is 7.41 Å². The van der Waals surface area contributed by atoms with Crippen molar-refractivity contribution in [2.24, 2.45) is 0 Å². The summed E-state index contributed by atoms with van der Waals surface area (Å²) in [5, 5.41) is 0. The molecule has 0 saturated carbocycles. The molecule has 0 fully saturated rings. The number of allylic oxidation sites excluding steroid dienone is 2. The van der Waals surface area contributed by atoms with E-state index in [2.05, 4.69) is 29.8 Å². The average molecular weight is 224 g/mol. The molecule has 2 heteroatoms. The summed E-state index contributed by atoms with van der Waals surface area (Å²) in [5.74, 6) is 0. The molecule has 0 saturated heterocycles. The summed E-state index contributed by atoms with van der Waals surface area (Å²) >= 11 is 0. The van der Waals surface area contributed by atoms with Crippen LogP contribution in [0.5, 0.6) is 0 Å². The van der Waals surface area contributed by atoms with E-state index in [4.69, 9.17) is 0 Å². The lowest BCUT2D eigenvalue weighted by atomic mass is 9.98. The molecule has 1 nitrogen and oxygen atoms in total. The van der Waals surface area contributed by atoms with Crippen molar-refractivity contribution in [1.29, 1.82) is 0 Å². The highest BCUT2D eigenvalue weighted by atomic mass is 14.9. The lowest BCUT2D eigenvalue weighted by Crippen LogP contribution is -2.06. The molecule has 0 aromatic carbocycles. The van der Waals surface area contributed by atoms with Crippen LogP contribution in [0.15, 0.2) is 25.3 Å². The van der Waals surface area contributed by atoms with E-state index >= 15 is 0 Å². The van der Waals surface area contributed by atoms with Crippen molar-refractivity contribution in [3.63, 3.8) is 0 Å². The van der Waals surface area contributed by atoms with Crippen LogP contribution in [-0.2, 0) is 0 Å². The molecule has 1 heterocycles. The van der Waals surface area contributed by atoms with Crippen LogP contribution in [0.4, 0.5) is 0 Å². The van der Waals surface area contributed by atoms with E-state index in [0.717, 1.165) is 17.0 Å². The smallest absolute Gasteiger partial charge is 0.249 e.